The van der Waals surface area contributed by atoms with Crippen LogP contribution in [-0.2, 0) is 13.2 Å². The molecule has 0 saturated carbocycles. The van der Waals surface area contributed by atoms with Crippen LogP contribution in [0.3, 0.4) is 0 Å². The molecule has 0 fully saturated rings. The molecule has 0 atom stereocenters. The molecule has 0 aliphatic rings. The molecule has 0 aliphatic carbocycles. The molecule has 2 rings (SSSR count). The molecular formula is C15H17Br2NOS. The second kappa shape index (κ2) is 7.59. The highest BCUT2D eigenvalue weighted by Gasteiger charge is 2.05. The first kappa shape index (κ1) is 16.0. The summed E-state index contributed by atoms with van der Waals surface area (Å²) in [6.07, 6.45) is 0. The fourth-order valence-electron chi connectivity index (χ4n) is 1.67. The van der Waals surface area contributed by atoms with Crippen LogP contribution in [0, 0.1) is 0 Å². The normalized spacial score (nSPS) is 11.1. The van der Waals surface area contributed by atoms with Crippen LogP contribution in [0.25, 0.3) is 0 Å². The van der Waals surface area contributed by atoms with Crippen LogP contribution in [0.2, 0.25) is 0 Å². The standard InChI is InChI=1S/C15H17Br2NOS/c1-10(2)18-7-11-3-4-15(14(17)5-11)19-8-13-6-12(16)9-20-13/h3-6,9-10,18H,7-8H2,1-2H3. The predicted octanol–water partition coefficient (Wildman–Crippen LogP) is 5.35. The van der Waals surface area contributed by atoms with E-state index in [1.54, 1.807) is 11.3 Å². The molecule has 108 valence electrons. The third kappa shape index (κ3) is 4.88. The molecule has 1 aromatic heterocycles. The van der Waals surface area contributed by atoms with E-state index in [4.69, 9.17) is 4.74 Å². The van der Waals surface area contributed by atoms with Gasteiger partial charge < -0.3 is 10.1 Å². The number of halogens is 2. The molecule has 0 aliphatic heterocycles. The summed E-state index contributed by atoms with van der Waals surface area (Å²) >= 11 is 8.72. The Morgan fingerprint density at radius 1 is 1.25 bits per heavy atom. The lowest BCUT2D eigenvalue weighted by Gasteiger charge is -2.11. The molecule has 1 aromatic carbocycles. The van der Waals surface area contributed by atoms with E-state index in [0.29, 0.717) is 12.6 Å². The number of thiophene rings is 1. The van der Waals surface area contributed by atoms with Crippen LogP contribution in [0.15, 0.2) is 38.6 Å². The second-order valence-electron chi connectivity index (χ2n) is 4.82. The molecular weight excluding hydrogens is 402 g/mol. The second-order valence-corrected chi connectivity index (χ2v) is 7.59. The first-order valence-corrected chi connectivity index (χ1v) is 8.88. The van der Waals surface area contributed by atoms with Crippen LogP contribution in [-0.4, -0.2) is 6.04 Å². The van der Waals surface area contributed by atoms with Crippen molar-refractivity contribution in [2.75, 3.05) is 0 Å². The zero-order valence-corrected chi connectivity index (χ0v) is 15.4. The third-order valence-corrected chi connectivity index (χ3v) is 4.99. The quantitative estimate of drug-likeness (QED) is 0.682. The van der Waals surface area contributed by atoms with Crippen molar-refractivity contribution >= 4 is 43.2 Å². The van der Waals surface area contributed by atoms with Gasteiger partial charge >= 0.3 is 0 Å². The lowest BCUT2D eigenvalue weighted by atomic mass is 10.2. The van der Waals surface area contributed by atoms with Crippen LogP contribution in [0.5, 0.6) is 5.75 Å². The lowest BCUT2D eigenvalue weighted by molar-refractivity contribution is 0.307. The van der Waals surface area contributed by atoms with E-state index >= 15 is 0 Å². The predicted molar refractivity (Wildman–Crippen MR) is 92.5 cm³/mol. The largest absolute Gasteiger partial charge is 0.487 e. The SMILES string of the molecule is CC(C)NCc1ccc(OCc2cc(Br)cs2)c(Br)c1. The van der Waals surface area contributed by atoms with E-state index in [1.807, 2.05) is 6.07 Å². The van der Waals surface area contributed by atoms with Gasteiger partial charge in [-0.05, 0) is 55.6 Å². The average Bonchev–Trinajstić information content (AvgIpc) is 2.81. The summed E-state index contributed by atoms with van der Waals surface area (Å²) in [7, 11) is 0. The first-order valence-electron chi connectivity index (χ1n) is 6.42. The van der Waals surface area contributed by atoms with Crippen molar-refractivity contribution in [2.24, 2.45) is 0 Å². The topological polar surface area (TPSA) is 21.3 Å². The summed E-state index contributed by atoms with van der Waals surface area (Å²) in [5, 5.41) is 5.47. The maximum atomic E-state index is 5.84. The van der Waals surface area contributed by atoms with E-state index in [9.17, 15) is 0 Å². The molecule has 0 amide bonds. The van der Waals surface area contributed by atoms with Gasteiger partial charge in [-0.2, -0.15) is 0 Å². The zero-order valence-electron chi connectivity index (χ0n) is 11.5. The number of nitrogens with one attached hydrogen (secondary N) is 1. The van der Waals surface area contributed by atoms with Crippen molar-refractivity contribution in [3.05, 3.63) is 49.0 Å². The van der Waals surface area contributed by atoms with Crippen molar-refractivity contribution in [1.82, 2.24) is 5.32 Å². The molecule has 0 unspecified atom stereocenters. The summed E-state index contributed by atoms with van der Waals surface area (Å²) in [4.78, 5) is 1.20. The van der Waals surface area contributed by atoms with E-state index in [-0.39, 0.29) is 0 Å². The van der Waals surface area contributed by atoms with Crippen molar-refractivity contribution in [3.8, 4) is 5.75 Å². The number of hydrogen-bond donors (Lipinski definition) is 1. The molecule has 1 heterocycles. The van der Waals surface area contributed by atoms with Crippen molar-refractivity contribution in [3.63, 3.8) is 0 Å². The smallest absolute Gasteiger partial charge is 0.134 e. The summed E-state index contributed by atoms with van der Waals surface area (Å²) < 4.78 is 7.94. The van der Waals surface area contributed by atoms with Gasteiger partial charge in [0.05, 0.1) is 4.47 Å². The van der Waals surface area contributed by atoms with Gasteiger partial charge in [-0.25, -0.2) is 0 Å². The van der Waals surface area contributed by atoms with Gasteiger partial charge in [0.15, 0.2) is 0 Å². The van der Waals surface area contributed by atoms with Crippen molar-refractivity contribution in [1.29, 1.82) is 0 Å². The Morgan fingerprint density at radius 2 is 2.05 bits per heavy atom. The summed E-state index contributed by atoms with van der Waals surface area (Å²) in [5.74, 6) is 0.878. The van der Waals surface area contributed by atoms with Crippen LogP contribution in [0.4, 0.5) is 0 Å². The minimum absolute atomic E-state index is 0.488. The Balaban J connectivity index is 1.95. The Labute approximate surface area is 140 Å². The highest BCUT2D eigenvalue weighted by Crippen LogP contribution is 2.28. The van der Waals surface area contributed by atoms with E-state index in [2.05, 4.69) is 74.6 Å². The number of hydrogen-bond acceptors (Lipinski definition) is 3. The van der Waals surface area contributed by atoms with Gasteiger partial charge in [-0.3, -0.25) is 0 Å². The number of ether oxygens (including phenoxy) is 1. The van der Waals surface area contributed by atoms with Gasteiger partial charge in [0.25, 0.3) is 0 Å². The van der Waals surface area contributed by atoms with Crippen LogP contribution in [0.1, 0.15) is 24.3 Å². The average molecular weight is 419 g/mol. The Kier molecular flexibility index (Phi) is 6.08. The Hall–Kier alpha value is -0.360. The minimum Gasteiger partial charge on any atom is -0.487 e. The molecule has 20 heavy (non-hydrogen) atoms. The monoisotopic (exact) mass is 417 g/mol. The molecule has 5 heteroatoms. The van der Waals surface area contributed by atoms with Gasteiger partial charge in [-0.1, -0.05) is 19.9 Å². The fourth-order valence-corrected chi connectivity index (χ4v) is 3.57. The van der Waals surface area contributed by atoms with E-state index in [1.165, 1.54) is 10.4 Å². The minimum atomic E-state index is 0.488. The molecule has 2 nitrogen and oxygen atoms in total. The summed E-state index contributed by atoms with van der Waals surface area (Å²) in [6.45, 7) is 5.75. The maximum Gasteiger partial charge on any atom is 0.134 e. The lowest BCUT2D eigenvalue weighted by Crippen LogP contribution is -2.21. The van der Waals surface area contributed by atoms with Crippen LogP contribution >= 0.6 is 43.2 Å². The van der Waals surface area contributed by atoms with Gasteiger partial charge in [0, 0.05) is 27.3 Å². The van der Waals surface area contributed by atoms with Gasteiger partial charge in [-0.15, -0.1) is 11.3 Å². The van der Waals surface area contributed by atoms with E-state index in [0.717, 1.165) is 21.2 Å². The fraction of sp³-hybridized carbons (Fsp3) is 0.333. The highest BCUT2D eigenvalue weighted by molar-refractivity contribution is 9.10. The van der Waals surface area contributed by atoms with Gasteiger partial charge in [0.2, 0.25) is 0 Å². The molecule has 0 radical (unpaired) electrons. The molecule has 0 saturated heterocycles. The number of rotatable bonds is 6. The summed E-state index contributed by atoms with van der Waals surface area (Å²) in [6, 6.07) is 8.79. The number of benzene rings is 1. The first-order chi connectivity index (χ1) is 9.54. The molecule has 1 N–H and O–H groups in total. The molecule has 0 spiro atoms. The maximum absolute atomic E-state index is 5.84. The van der Waals surface area contributed by atoms with E-state index < -0.39 is 0 Å². The van der Waals surface area contributed by atoms with Crippen molar-refractivity contribution < 1.29 is 4.74 Å². The third-order valence-electron chi connectivity index (χ3n) is 2.70. The summed E-state index contributed by atoms with van der Waals surface area (Å²) in [5.41, 5.74) is 1.25. The van der Waals surface area contributed by atoms with Gasteiger partial charge in [0.1, 0.15) is 12.4 Å². The van der Waals surface area contributed by atoms with Crippen molar-refractivity contribution in [2.45, 2.75) is 33.0 Å². The van der Waals surface area contributed by atoms with Crippen LogP contribution < -0.4 is 10.1 Å². The highest BCUT2D eigenvalue weighted by atomic mass is 79.9. The molecule has 2 aromatic rings. The zero-order chi connectivity index (χ0) is 14.5. The molecule has 0 bridgehead atoms. The Morgan fingerprint density at radius 3 is 2.65 bits per heavy atom. The Bertz CT molecular complexity index is 569.